The van der Waals surface area contributed by atoms with Crippen molar-refractivity contribution in [2.24, 2.45) is 17.0 Å². The van der Waals surface area contributed by atoms with E-state index in [4.69, 9.17) is 9.88 Å². The molecule has 5 heteroatoms. The van der Waals surface area contributed by atoms with E-state index in [1.807, 2.05) is 6.92 Å². The Hall–Kier alpha value is -0.130. The molecule has 1 saturated heterocycles. The molecule has 0 spiro atoms. The van der Waals surface area contributed by atoms with Gasteiger partial charge >= 0.3 is 0 Å². The van der Waals surface area contributed by atoms with Gasteiger partial charge < -0.3 is 4.74 Å². The normalized spacial score (nSPS) is 27.1. The summed E-state index contributed by atoms with van der Waals surface area (Å²) in [5.41, 5.74) is 0. The van der Waals surface area contributed by atoms with Crippen LogP contribution in [0.2, 0.25) is 0 Å². The van der Waals surface area contributed by atoms with Crippen molar-refractivity contribution in [2.75, 3.05) is 19.0 Å². The fourth-order valence-corrected chi connectivity index (χ4v) is 2.72. The van der Waals surface area contributed by atoms with Crippen LogP contribution in [0.5, 0.6) is 0 Å². The molecule has 0 aromatic rings. The van der Waals surface area contributed by atoms with Gasteiger partial charge in [-0.25, -0.2) is 13.6 Å². The Morgan fingerprint density at radius 3 is 2.77 bits per heavy atom. The predicted molar refractivity (Wildman–Crippen MR) is 50.7 cm³/mol. The maximum Gasteiger partial charge on any atom is 0.209 e. The van der Waals surface area contributed by atoms with Gasteiger partial charge in [-0.1, -0.05) is 6.92 Å². The Bertz CT molecular complexity index is 244. The molecule has 0 aromatic carbocycles. The van der Waals surface area contributed by atoms with Crippen LogP contribution in [0, 0.1) is 11.8 Å². The molecule has 0 aliphatic carbocycles. The number of hydrogen-bond acceptors (Lipinski definition) is 3. The molecule has 1 aliphatic heterocycles. The molecule has 0 radical (unpaired) electrons. The molecular formula is C8H17NO3S. The largest absolute Gasteiger partial charge is 0.381 e. The Morgan fingerprint density at radius 1 is 1.62 bits per heavy atom. The lowest BCUT2D eigenvalue weighted by Crippen LogP contribution is -2.30. The molecule has 1 fully saturated rings. The SMILES string of the molecule is CC(CS(N)(=O)=O)C1CCCOC1. The highest BCUT2D eigenvalue weighted by Gasteiger charge is 2.23. The summed E-state index contributed by atoms with van der Waals surface area (Å²) < 4.78 is 26.9. The molecule has 1 aliphatic rings. The van der Waals surface area contributed by atoms with Crippen molar-refractivity contribution in [3.8, 4) is 0 Å². The smallest absolute Gasteiger partial charge is 0.209 e. The van der Waals surface area contributed by atoms with Crippen LogP contribution in [-0.2, 0) is 14.8 Å². The Labute approximate surface area is 79.5 Å². The van der Waals surface area contributed by atoms with Crippen LogP contribution in [0.25, 0.3) is 0 Å². The molecule has 2 atom stereocenters. The fraction of sp³-hybridized carbons (Fsp3) is 1.00. The number of primary sulfonamides is 1. The van der Waals surface area contributed by atoms with Gasteiger partial charge in [-0.3, -0.25) is 0 Å². The fourth-order valence-electron chi connectivity index (χ4n) is 1.72. The zero-order valence-electron chi connectivity index (χ0n) is 7.90. The van der Waals surface area contributed by atoms with Gasteiger partial charge in [-0.15, -0.1) is 0 Å². The van der Waals surface area contributed by atoms with Gasteiger partial charge in [0.15, 0.2) is 0 Å². The minimum atomic E-state index is -3.33. The topological polar surface area (TPSA) is 69.4 Å². The van der Waals surface area contributed by atoms with Crippen molar-refractivity contribution in [1.29, 1.82) is 0 Å². The highest BCUT2D eigenvalue weighted by atomic mass is 32.2. The molecule has 0 amide bonds. The summed E-state index contributed by atoms with van der Waals surface area (Å²) in [6.45, 7) is 3.40. The lowest BCUT2D eigenvalue weighted by Gasteiger charge is -2.26. The maximum atomic E-state index is 10.8. The van der Waals surface area contributed by atoms with Crippen LogP contribution < -0.4 is 5.14 Å². The van der Waals surface area contributed by atoms with Crippen molar-refractivity contribution < 1.29 is 13.2 Å². The van der Waals surface area contributed by atoms with Gasteiger partial charge in [0.1, 0.15) is 0 Å². The zero-order valence-corrected chi connectivity index (χ0v) is 8.72. The number of nitrogens with two attached hydrogens (primary N) is 1. The van der Waals surface area contributed by atoms with E-state index < -0.39 is 10.0 Å². The molecule has 78 valence electrons. The van der Waals surface area contributed by atoms with E-state index in [1.165, 1.54) is 0 Å². The molecule has 2 unspecified atom stereocenters. The second-order valence-electron chi connectivity index (χ2n) is 3.78. The second kappa shape index (κ2) is 4.39. The van der Waals surface area contributed by atoms with E-state index in [9.17, 15) is 8.42 Å². The summed E-state index contributed by atoms with van der Waals surface area (Å²) in [5.74, 6) is 0.531. The van der Waals surface area contributed by atoms with Gasteiger partial charge in [-0.05, 0) is 24.7 Å². The summed E-state index contributed by atoms with van der Waals surface area (Å²) in [6.07, 6.45) is 2.08. The summed E-state index contributed by atoms with van der Waals surface area (Å²) in [4.78, 5) is 0. The molecule has 1 heterocycles. The molecule has 0 saturated carbocycles. The van der Waals surface area contributed by atoms with Gasteiger partial charge in [0.25, 0.3) is 0 Å². The summed E-state index contributed by atoms with van der Waals surface area (Å²) >= 11 is 0. The first kappa shape index (κ1) is 10.9. The van der Waals surface area contributed by atoms with Crippen molar-refractivity contribution in [3.63, 3.8) is 0 Å². The van der Waals surface area contributed by atoms with E-state index in [2.05, 4.69) is 0 Å². The number of ether oxygens (including phenoxy) is 1. The summed E-state index contributed by atoms with van der Waals surface area (Å²) in [5, 5.41) is 4.97. The van der Waals surface area contributed by atoms with Crippen molar-refractivity contribution in [2.45, 2.75) is 19.8 Å². The van der Waals surface area contributed by atoms with Gasteiger partial charge in [0.05, 0.1) is 5.75 Å². The molecule has 13 heavy (non-hydrogen) atoms. The predicted octanol–water partition coefficient (Wildman–Crippen LogP) is 0.338. The maximum absolute atomic E-state index is 10.8. The number of rotatable bonds is 3. The van der Waals surface area contributed by atoms with E-state index in [1.54, 1.807) is 0 Å². The minimum absolute atomic E-state index is 0.0705. The first-order valence-electron chi connectivity index (χ1n) is 4.57. The third-order valence-electron chi connectivity index (χ3n) is 2.50. The van der Waals surface area contributed by atoms with Crippen LogP contribution in [0.15, 0.2) is 0 Å². The average Bonchev–Trinajstić information content (AvgIpc) is 2.03. The third kappa shape index (κ3) is 4.06. The van der Waals surface area contributed by atoms with Gasteiger partial charge in [-0.2, -0.15) is 0 Å². The van der Waals surface area contributed by atoms with Crippen LogP contribution >= 0.6 is 0 Å². The third-order valence-corrected chi connectivity index (χ3v) is 3.49. The van der Waals surface area contributed by atoms with Crippen LogP contribution in [0.1, 0.15) is 19.8 Å². The summed E-state index contributed by atoms with van der Waals surface area (Å²) in [6, 6.07) is 0. The number of sulfonamides is 1. The first-order chi connectivity index (χ1) is 5.99. The van der Waals surface area contributed by atoms with Gasteiger partial charge in [0.2, 0.25) is 10.0 Å². The highest BCUT2D eigenvalue weighted by molar-refractivity contribution is 7.89. The quantitative estimate of drug-likeness (QED) is 0.725. The van der Waals surface area contributed by atoms with Crippen LogP contribution in [0.3, 0.4) is 0 Å². The van der Waals surface area contributed by atoms with Crippen molar-refractivity contribution >= 4 is 10.0 Å². The standard InChI is InChI=1S/C8H17NO3S/c1-7(6-13(9,10)11)8-3-2-4-12-5-8/h7-8H,2-6H2,1H3,(H2,9,10,11). The second-order valence-corrected chi connectivity index (χ2v) is 5.44. The summed E-state index contributed by atoms with van der Waals surface area (Å²) in [7, 11) is -3.33. The molecule has 1 rings (SSSR count). The van der Waals surface area contributed by atoms with E-state index in [0.717, 1.165) is 19.4 Å². The number of hydrogen-bond donors (Lipinski definition) is 1. The molecular weight excluding hydrogens is 190 g/mol. The lowest BCUT2D eigenvalue weighted by atomic mass is 9.91. The molecule has 0 bridgehead atoms. The highest BCUT2D eigenvalue weighted by Crippen LogP contribution is 2.22. The molecule has 0 aromatic heterocycles. The monoisotopic (exact) mass is 207 g/mol. The van der Waals surface area contributed by atoms with Crippen LogP contribution in [-0.4, -0.2) is 27.4 Å². The molecule has 4 nitrogen and oxygen atoms in total. The van der Waals surface area contributed by atoms with E-state index in [-0.39, 0.29) is 11.7 Å². The van der Waals surface area contributed by atoms with Crippen LogP contribution in [0.4, 0.5) is 0 Å². The van der Waals surface area contributed by atoms with Gasteiger partial charge in [0, 0.05) is 13.2 Å². The Kier molecular flexibility index (Phi) is 3.70. The average molecular weight is 207 g/mol. The van der Waals surface area contributed by atoms with Crippen molar-refractivity contribution in [3.05, 3.63) is 0 Å². The Morgan fingerprint density at radius 2 is 2.31 bits per heavy atom. The van der Waals surface area contributed by atoms with E-state index >= 15 is 0 Å². The zero-order chi connectivity index (χ0) is 9.90. The minimum Gasteiger partial charge on any atom is -0.381 e. The first-order valence-corrected chi connectivity index (χ1v) is 6.29. The lowest BCUT2D eigenvalue weighted by molar-refractivity contribution is 0.0378. The Balaban J connectivity index is 2.42. The van der Waals surface area contributed by atoms with Crippen molar-refractivity contribution in [1.82, 2.24) is 0 Å². The van der Waals surface area contributed by atoms with E-state index in [0.29, 0.717) is 12.5 Å². The molecule has 2 N–H and O–H groups in total.